The molecule has 0 saturated heterocycles. The third-order valence-corrected chi connectivity index (χ3v) is 3.44. The Balaban J connectivity index is 3.50. The molecule has 1 N–H and O–H groups in total. The molecule has 128 valence electrons. The van der Waals surface area contributed by atoms with Gasteiger partial charge in [0.25, 0.3) is 11.4 Å². The molecule has 0 fully saturated rings. The van der Waals surface area contributed by atoms with Crippen LogP contribution in [0.5, 0.6) is 0 Å². The highest BCUT2D eigenvalue weighted by atomic mass is 31.2. The largest absolute Gasteiger partial charge is 0.472 e. The van der Waals surface area contributed by atoms with Crippen molar-refractivity contribution in [1.29, 1.82) is 0 Å². The van der Waals surface area contributed by atoms with Gasteiger partial charge in [-0.25, -0.2) is 4.57 Å². The summed E-state index contributed by atoms with van der Waals surface area (Å²) in [4.78, 5) is 28.2. The fourth-order valence-corrected chi connectivity index (χ4v) is 1.88. The van der Waals surface area contributed by atoms with E-state index in [2.05, 4.69) is 9.05 Å². The van der Waals surface area contributed by atoms with E-state index in [1.807, 2.05) is 0 Å². The van der Waals surface area contributed by atoms with E-state index < -0.39 is 53.0 Å². The van der Waals surface area contributed by atoms with E-state index >= 15 is 0 Å². The van der Waals surface area contributed by atoms with Crippen LogP contribution in [0.3, 0.4) is 0 Å². The van der Waals surface area contributed by atoms with Gasteiger partial charge in [-0.15, -0.1) is 0 Å². The quantitative estimate of drug-likeness (QED) is 0.463. The number of nitro benzene ring substituents is 2. The van der Waals surface area contributed by atoms with Crippen molar-refractivity contribution in [3.63, 3.8) is 0 Å². The molecule has 1 aromatic rings. The smallest absolute Gasteiger partial charge is 0.302 e. The molecule has 0 aliphatic heterocycles. The number of phosphoric acid groups is 1. The molecular weight excluding hydrogens is 352 g/mol. The lowest BCUT2D eigenvalue weighted by atomic mass is 10.1. The molecule has 0 heterocycles. The first-order valence-electron chi connectivity index (χ1n) is 5.45. The highest BCUT2D eigenvalue weighted by Gasteiger charge is 2.38. The van der Waals surface area contributed by atoms with Gasteiger partial charge in [0, 0.05) is 19.2 Å². The fraction of sp³-hybridized carbons (Fsp3) is 0.333. The summed E-state index contributed by atoms with van der Waals surface area (Å²) in [6, 6.07) is 0.140. The zero-order valence-corrected chi connectivity index (χ0v) is 12.0. The van der Waals surface area contributed by atoms with Crippen molar-refractivity contribution in [2.24, 2.45) is 0 Å². The average molecular weight is 360 g/mol. The number of hydrogen-bond donors (Lipinski definition) is 1. The topological polar surface area (TPSA) is 142 Å². The number of phosphoric ester groups is 1. The van der Waals surface area contributed by atoms with Gasteiger partial charge in [0.1, 0.15) is 5.56 Å². The molecule has 10 nitrogen and oxygen atoms in total. The number of rotatable bonds is 6. The summed E-state index contributed by atoms with van der Waals surface area (Å²) < 4.78 is 57.4. The van der Waals surface area contributed by atoms with Crippen LogP contribution in [-0.4, -0.2) is 21.8 Å². The van der Waals surface area contributed by atoms with Crippen LogP contribution in [0, 0.1) is 20.2 Å². The summed E-state index contributed by atoms with van der Waals surface area (Å²) in [6.45, 7) is -1.17. The third kappa shape index (κ3) is 4.69. The lowest BCUT2D eigenvalue weighted by Crippen LogP contribution is -2.10. The monoisotopic (exact) mass is 360 g/mol. The lowest BCUT2D eigenvalue weighted by Gasteiger charge is -2.12. The van der Waals surface area contributed by atoms with Crippen molar-refractivity contribution in [1.82, 2.24) is 0 Å². The van der Waals surface area contributed by atoms with Crippen molar-refractivity contribution < 1.29 is 41.5 Å². The summed E-state index contributed by atoms with van der Waals surface area (Å²) in [7, 11) is -3.89. The minimum absolute atomic E-state index is 0.0702. The van der Waals surface area contributed by atoms with Crippen molar-refractivity contribution in [3.05, 3.63) is 43.5 Å². The first-order chi connectivity index (χ1) is 10.4. The van der Waals surface area contributed by atoms with Crippen LogP contribution in [-0.2, 0) is 26.4 Å². The molecule has 0 bridgehead atoms. The zero-order chi connectivity index (χ0) is 18.0. The lowest BCUT2D eigenvalue weighted by molar-refractivity contribution is -0.396. The highest BCUT2D eigenvalue weighted by molar-refractivity contribution is 7.47. The normalized spacial score (nSPS) is 14.3. The Hall–Kier alpha value is -2.08. The molecule has 0 saturated carbocycles. The molecule has 0 aliphatic rings. The maximum atomic E-state index is 12.7. The Morgan fingerprint density at radius 1 is 1.22 bits per heavy atom. The van der Waals surface area contributed by atoms with E-state index in [4.69, 9.17) is 4.89 Å². The highest BCUT2D eigenvalue weighted by Crippen LogP contribution is 2.45. The Kier molecular flexibility index (Phi) is 5.43. The zero-order valence-electron chi connectivity index (χ0n) is 11.1. The fourth-order valence-electron chi connectivity index (χ4n) is 1.48. The molecule has 1 aromatic carbocycles. The van der Waals surface area contributed by atoms with E-state index in [0.717, 1.165) is 7.11 Å². The van der Waals surface area contributed by atoms with E-state index in [1.54, 1.807) is 0 Å². The number of alkyl halides is 3. The Labute approximate surface area is 125 Å². The Morgan fingerprint density at radius 3 is 1.96 bits per heavy atom. The summed E-state index contributed by atoms with van der Waals surface area (Å²) in [5, 5.41) is 21.7. The number of halogens is 3. The second-order valence-electron chi connectivity index (χ2n) is 3.93. The standard InChI is InChI=1S/C9H8F3N2O8P/c1-21-23(19,20)22-4-6-7(13(15)16)2-5(9(10,11)12)3-8(6)14(17)18/h2-3H,4H2,1H3,(H,19,20). The van der Waals surface area contributed by atoms with Crippen molar-refractivity contribution in [2.75, 3.05) is 7.11 Å². The number of hydrogen-bond acceptors (Lipinski definition) is 7. The van der Waals surface area contributed by atoms with Gasteiger partial charge in [-0.1, -0.05) is 0 Å². The van der Waals surface area contributed by atoms with Gasteiger partial charge in [-0.2, -0.15) is 13.2 Å². The SMILES string of the molecule is COP(=O)(O)OCc1c([N+](=O)[O-])cc(C(F)(F)F)cc1[N+](=O)[O-]. The van der Waals surface area contributed by atoms with Crippen LogP contribution < -0.4 is 0 Å². The van der Waals surface area contributed by atoms with Crippen LogP contribution in [0.25, 0.3) is 0 Å². The van der Waals surface area contributed by atoms with Crippen LogP contribution in [0.4, 0.5) is 24.5 Å². The molecule has 1 rings (SSSR count). The van der Waals surface area contributed by atoms with Crippen LogP contribution in [0.1, 0.15) is 11.1 Å². The number of nitro groups is 2. The van der Waals surface area contributed by atoms with Crippen LogP contribution >= 0.6 is 7.82 Å². The first kappa shape index (κ1) is 19.0. The van der Waals surface area contributed by atoms with Gasteiger partial charge in [-0.05, 0) is 0 Å². The van der Waals surface area contributed by atoms with Gasteiger partial charge in [0.05, 0.1) is 22.0 Å². The number of nitrogens with zero attached hydrogens (tertiary/aromatic N) is 2. The first-order valence-corrected chi connectivity index (χ1v) is 6.94. The molecular formula is C9H8F3N2O8P. The van der Waals surface area contributed by atoms with Gasteiger partial charge in [0.15, 0.2) is 0 Å². The van der Waals surface area contributed by atoms with Gasteiger partial charge in [-0.3, -0.25) is 29.3 Å². The van der Waals surface area contributed by atoms with E-state index in [0.29, 0.717) is 0 Å². The van der Waals surface area contributed by atoms with Crippen molar-refractivity contribution in [3.8, 4) is 0 Å². The third-order valence-electron chi connectivity index (χ3n) is 2.53. The number of benzene rings is 1. The predicted molar refractivity (Wildman–Crippen MR) is 66.4 cm³/mol. The molecule has 0 amide bonds. The Morgan fingerprint density at radius 2 is 1.65 bits per heavy atom. The molecule has 0 spiro atoms. The summed E-state index contributed by atoms with van der Waals surface area (Å²) in [5.41, 5.74) is -5.07. The summed E-state index contributed by atoms with van der Waals surface area (Å²) in [6.07, 6.45) is -5.06. The molecule has 0 radical (unpaired) electrons. The average Bonchev–Trinajstić information content (AvgIpc) is 2.42. The maximum absolute atomic E-state index is 12.7. The summed E-state index contributed by atoms with van der Waals surface area (Å²) >= 11 is 0. The molecule has 23 heavy (non-hydrogen) atoms. The molecule has 0 aliphatic carbocycles. The minimum atomic E-state index is -5.06. The second kappa shape index (κ2) is 6.58. The minimum Gasteiger partial charge on any atom is -0.302 e. The van der Waals surface area contributed by atoms with Gasteiger partial charge < -0.3 is 4.89 Å². The van der Waals surface area contributed by atoms with Crippen molar-refractivity contribution in [2.45, 2.75) is 12.8 Å². The van der Waals surface area contributed by atoms with E-state index in [1.165, 1.54) is 0 Å². The van der Waals surface area contributed by atoms with Gasteiger partial charge in [0.2, 0.25) is 0 Å². The Bertz CT molecular complexity index is 657. The maximum Gasteiger partial charge on any atom is 0.472 e. The van der Waals surface area contributed by atoms with Crippen LogP contribution in [0.2, 0.25) is 0 Å². The predicted octanol–water partition coefficient (Wildman–Crippen LogP) is 2.79. The van der Waals surface area contributed by atoms with Gasteiger partial charge >= 0.3 is 14.0 Å². The van der Waals surface area contributed by atoms with E-state index in [9.17, 15) is 38.0 Å². The van der Waals surface area contributed by atoms with Crippen molar-refractivity contribution >= 4 is 19.2 Å². The molecule has 1 unspecified atom stereocenters. The second-order valence-corrected chi connectivity index (χ2v) is 5.49. The molecule has 14 heteroatoms. The molecule has 0 aromatic heterocycles. The molecule has 1 atom stereocenters. The summed E-state index contributed by atoms with van der Waals surface area (Å²) in [5.74, 6) is 0. The van der Waals surface area contributed by atoms with E-state index in [-0.39, 0.29) is 12.1 Å². The van der Waals surface area contributed by atoms with Crippen LogP contribution in [0.15, 0.2) is 12.1 Å².